The highest BCUT2D eigenvalue weighted by Crippen LogP contribution is 2.29. The van der Waals surface area contributed by atoms with Crippen LogP contribution in [0.4, 0.5) is 23.7 Å². The molecule has 2 N–H and O–H groups in total. The quantitative estimate of drug-likeness (QED) is 0.841. The van der Waals surface area contributed by atoms with Crippen LogP contribution in [0, 0.1) is 5.82 Å². The lowest BCUT2D eigenvalue weighted by Crippen LogP contribution is -2.38. The lowest BCUT2D eigenvalue weighted by Gasteiger charge is -2.25. The zero-order valence-corrected chi connectivity index (χ0v) is 12.5. The second kappa shape index (κ2) is 8.05. The molecule has 1 aromatic carbocycles. The predicted molar refractivity (Wildman–Crippen MR) is 78.1 cm³/mol. The number of benzene rings is 1. The molecule has 128 valence electrons. The molecule has 1 heterocycles. The molecule has 8 heteroatoms. The summed E-state index contributed by atoms with van der Waals surface area (Å²) < 4.78 is 42.2. The Labute approximate surface area is 132 Å². The third kappa shape index (κ3) is 4.75. The number of hydrogen-bond donors (Lipinski definition) is 2. The maximum Gasteiger partial charge on any atom is 0.387 e. The molecule has 2 rings (SSSR count). The summed E-state index contributed by atoms with van der Waals surface area (Å²) in [7, 11) is 0. The molecule has 0 bridgehead atoms. The van der Waals surface area contributed by atoms with Crippen LogP contribution in [0.15, 0.2) is 18.2 Å². The number of rotatable bonds is 6. The first kappa shape index (κ1) is 17.4. The zero-order valence-electron chi connectivity index (χ0n) is 12.5. The number of halogens is 3. The van der Waals surface area contributed by atoms with Crippen molar-refractivity contribution in [3.8, 4) is 5.75 Å². The van der Waals surface area contributed by atoms with E-state index in [1.165, 1.54) is 6.07 Å². The van der Waals surface area contributed by atoms with E-state index in [-0.39, 0.29) is 18.3 Å². The molecule has 0 unspecified atom stereocenters. The summed E-state index contributed by atoms with van der Waals surface area (Å²) in [6, 6.07) is 2.60. The number of nitrogens with zero attached hydrogens (tertiary/aromatic N) is 1. The Balaban J connectivity index is 2.07. The number of hydrogen-bond acceptors (Lipinski definition) is 3. The monoisotopic (exact) mass is 332 g/mol. The Morgan fingerprint density at radius 1 is 1.48 bits per heavy atom. The van der Waals surface area contributed by atoms with Crippen LogP contribution in [-0.4, -0.2) is 41.8 Å². The van der Waals surface area contributed by atoms with Gasteiger partial charge < -0.3 is 20.1 Å². The summed E-state index contributed by atoms with van der Waals surface area (Å²) in [6.45, 7) is -2.51. The number of aliphatic hydroxyl groups is 1. The van der Waals surface area contributed by atoms with Crippen molar-refractivity contribution in [1.82, 2.24) is 4.90 Å². The third-order valence-corrected chi connectivity index (χ3v) is 3.73. The number of anilines is 1. The van der Waals surface area contributed by atoms with Gasteiger partial charge in [-0.05, 0) is 37.8 Å². The van der Waals surface area contributed by atoms with E-state index in [0.29, 0.717) is 19.4 Å². The number of urea groups is 1. The molecule has 23 heavy (non-hydrogen) atoms. The number of amides is 2. The largest absolute Gasteiger partial charge is 0.432 e. The molecule has 1 aromatic rings. The summed E-state index contributed by atoms with van der Waals surface area (Å²) in [6.07, 6.45) is 2.93. The maximum absolute atomic E-state index is 13.2. The highest BCUT2D eigenvalue weighted by Gasteiger charge is 2.28. The van der Waals surface area contributed by atoms with Crippen LogP contribution in [0.2, 0.25) is 0 Å². The summed E-state index contributed by atoms with van der Waals surface area (Å²) in [5.41, 5.74) is -0.00971. The fourth-order valence-corrected chi connectivity index (χ4v) is 2.71. The predicted octanol–water partition coefficient (Wildman–Crippen LogP) is 3.20. The van der Waals surface area contributed by atoms with Crippen LogP contribution >= 0.6 is 0 Å². The van der Waals surface area contributed by atoms with E-state index >= 15 is 0 Å². The SMILES string of the molecule is O=C(Nc1ccc(F)cc1OC(F)F)N1CCC[C@H]1CCCO. The van der Waals surface area contributed by atoms with Gasteiger partial charge in [0.05, 0.1) is 5.69 Å². The smallest absolute Gasteiger partial charge is 0.387 e. The molecule has 0 aliphatic carbocycles. The topological polar surface area (TPSA) is 61.8 Å². The molecule has 0 saturated carbocycles. The van der Waals surface area contributed by atoms with Crippen molar-refractivity contribution in [2.45, 2.75) is 38.3 Å². The van der Waals surface area contributed by atoms with Crippen molar-refractivity contribution >= 4 is 11.7 Å². The van der Waals surface area contributed by atoms with Crippen molar-refractivity contribution in [2.75, 3.05) is 18.5 Å². The van der Waals surface area contributed by atoms with Gasteiger partial charge in [0.2, 0.25) is 0 Å². The van der Waals surface area contributed by atoms with E-state index in [0.717, 1.165) is 25.0 Å². The minimum atomic E-state index is -3.11. The van der Waals surface area contributed by atoms with Gasteiger partial charge in [0, 0.05) is 25.3 Å². The van der Waals surface area contributed by atoms with Crippen LogP contribution in [-0.2, 0) is 0 Å². The Hall–Kier alpha value is -1.96. The Bertz CT molecular complexity index is 543. The molecule has 5 nitrogen and oxygen atoms in total. The van der Waals surface area contributed by atoms with Crippen LogP contribution in [0.1, 0.15) is 25.7 Å². The van der Waals surface area contributed by atoms with E-state index in [1.54, 1.807) is 4.90 Å². The number of nitrogens with one attached hydrogen (secondary N) is 1. The first-order valence-corrected chi connectivity index (χ1v) is 7.44. The summed E-state index contributed by atoms with van der Waals surface area (Å²) in [5.74, 6) is -1.15. The summed E-state index contributed by atoms with van der Waals surface area (Å²) in [4.78, 5) is 13.9. The van der Waals surface area contributed by atoms with Gasteiger partial charge in [-0.15, -0.1) is 0 Å². The second-order valence-electron chi connectivity index (χ2n) is 5.30. The van der Waals surface area contributed by atoms with E-state index in [2.05, 4.69) is 10.1 Å². The zero-order chi connectivity index (χ0) is 16.8. The number of likely N-dealkylation sites (tertiary alicyclic amines) is 1. The molecule has 1 saturated heterocycles. The van der Waals surface area contributed by atoms with Gasteiger partial charge in [-0.25, -0.2) is 9.18 Å². The van der Waals surface area contributed by atoms with Crippen molar-refractivity contribution in [3.63, 3.8) is 0 Å². The maximum atomic E-state index is 13.2. The Morgan fingerprint density at radius 2 is 2.26 bits per heavy atom. The van der Waals surface area contributed by atoms with Gasteiger partial charge >= 0.3 is 12.6 Å². The van der Waals surface area contributed by atoms with Gasteiger partial charge in [0.1, 0.15) is 5.82 Å². The van der Waals surface area contributed by atoms with Gasteiger partial charge in [0.25, 0.3) is 0 Å². The molecule has 1 atom stereocenters. The average Bonchev–Trinajstić information content (AvgIpc) is 2.95. The number of carbonyl (C=O) groups is 1. The first-order chi connectivity index (χ1) is 11.0. The molecule has 2 amide bonds. The van der Waals surface area contributed by atoms with Gasteiger partial charge in [-0.3, -0.25) is 0 Å². The van der Waals surface area contributed by atoms with E-state index < -0.39 is 24.2 Å². The molecular formula is C15H19F3N2O3. The van der Waals surface area contributed by atoms with E-state index in [4.69, 9.17) is 5.11 Å². The Morgan fingerprint density at radius 3 is 2.96 bits per heavy atom. The Kier molecular flexibility index (Phi) is 6.09. The minimum absolute atomic E-state index is 0.00191. The van der Waals surface area contributed by atoms with Crippen LogP contribution < -0.4 is 10.1 Å². The normalized spacial score (nSPS) is 17.6. The van der Waals surface area contributed by atoms with Gasteiger partial charge in [0.15, 0.2) is 5.75 Å². The molecule has 0 spiro atoms. The molecule has 0 aromatic heterocycles. The van der Waals surface area contributed by atoms with Gasteiger partial charge in [-0.2, -0.15) is 8.78 Å². The second-order valence-corrected chi connectivity index (χ2v) is 5.30. The summed E-state index contributed by atoms with van der Waals surface area (Å²) >= 11 is 0. The van der Waals surface area contributed by atoms with Gasteiger partial charge in [-0.1, -0.05) is 0 Å². The number of aliphatic hydroxyl groups excluding tert-OH is 1. The number of ether oxygens (including phenoxy) is 1. The highest BCUT2D eigenvalue weighted by molar-refractivity contribution is 5.91. The van der Waals surface area contributed by atoms with E-state index in [1.807, 2.05) is 0 Å². The lowest BCUT2D eigenvalue weighted by molar-refractivity contribution is -0.0495. The van der Waals surface area contributed by atoms with Crippen LogP contribution in [0.3, 0.4) is 0 Å². The number of alkyl halides is 2. The van der Waals surface area contributed by atoms with Crippen LogP contribution in [0.25, 0.3) is 0 Å². The number of carbonyl (C=O) groups excluding carboxylic acids is 1. The first-order valence-electron chi connectivity index (χ1n) is 7.44. The minimum Gasteiger partial charge on any atom is -0.432 e. The fourth-order valence-electron chi connectivity index (χ4n) is 2.71. The standard InChI is InChI=1S/C15H19F3N2O3/c16-10-5-6-12(13(9-10)23-14(17)18)19-15(22)20-7-1-3-11(20)4-2-8-21/h5-6,9,11,14,21H,1-4,7-8H2,(H,19,22)/t11-/m0/s1. The van der Waals surface area contributed by atoms with Crippen molar-refractivity contribution in [1.29, 1.82) is 0 Å². The highest BCUT2D eigenvalue weighted by atomic mass is 19.3. The van der Waals surface area contributed by atoms with Crippen LogP contribution in [0.5, 0.6) is 5.75 Å². The van der Waals surface area contributed by atoms with Crippen molar-refractivity contribution in [3.05, 3.63) is 24.0 Å². The van der Waals surface area contributed by atoms with Crippen molar-refractivity contribution in [2.24, 2.45) is 0 Å². The average molecular weight is 332 g/mol. The lowest BCUT2D eigenvalue weighted by atomic mass is 10.1. The molecular weight excluding hydrogens is 313 g/mol. The molecule has 0 radical (unpaired) electrons. The van der Waals surface area contributed by atoms with Crippen molar-refractivity contribution < 1.29 is 27.8 Å². The molecule has 1 aliphatic rings. The molecule has 1 fully saturated rings. The molecule has 1 aliphatic heterocycles. The third-order valence-electron chi connectivity index (χ3n) is 3.73. The van der Waals surface area contributed by atoms with E-state index in [9.17, 15) is 18.0 Å². The summed E-state index contributed by atoms with van der Waals surface area (Å²) in [5, 5.41) is 11.4. The fraction of sp³-hybridized carbons (Fsp3) is 0.533.